The lowest BCUT2D eigenvalue weighted by Crippen LogP contribution is -2.52. The van der Waals surface area contributed by atoms with Crippen LogP contribution >= 0.6 is 0 Å². The summed E-state index contributed by atoms with van der Waals surface area (Å²) in [6.45, 7) is 7.49. The van der Waals surface area contributed by atoms with Crippen molar-refractivity contribution in [3.05, 3.63) is 35.9 Å². The lowest BCUT2D eigenvalue weighted by atomic mass is 10.2. The smallest absolute Gasteiger partial charge is 0.270 e. The topological polar surface area (TPSA) is 71.1 Å². The number of hydrogen-bond donors (Lipinski definition) is 0. The first-order chi connectivity index (χ1) is 11.2. The molecule has 0 unspecified atom stereocenters. The van der Waals surface area contributed by atoms with Crippen molar-refractivity contribution in [1.82, 2.24) is 0 Å². The summed E-state index contributed by atoms with van der Waals surface area (Å²) in [4.78, 5) is 0. The van der Waals surface area contributed by atoms with Gasteiger partial charge in [0.2, 0.25) is 0 Å². The van der Waals surface area contributed by atoms with Gasteiger partial charge in [0.15, 0.2) is 5.79 Å². The predicted octanol–water partition coefficient (Wildman–Crippen LogP) is 2.48. The van der Waals surface area contributed by atoms with Crippen molar-refractivity contribution in [1.29, 1.82) is 0 Å². The molecular weight excluding hydrogens is 332 g/mol. The molecule has 0 bridgehead atoms. The van der Waals surface area contributed by atoms with E-state index in [0.29, 0.717) is 6.61 Å². The molecule has 0 aromatic heterocycles. The lowest BCUT2D eigenvalue weighted by molar-refractivity contribution is -0.306. The first-order valence-corrected chi connectivity index (χ1v) is 9.52. The molecule has 0 spiro atoms. The maximum atomic E-state index is 12.0. The normalized spacial score (nSPS) is 24.2. The van der Waals surface area contributed by atoms with Gasteiger partial charge < -0.3 is 14.2 Å². The van der Waals surface area contributed by atoms with Gasteiger partial charge in [-0.3, -0.25) is 4.18 Å². The minimum absolute atomic E-state index is 0.137. The van der Waals surface area contributed by atoms with Gasteiger partial charge in [0.25, 0.3) is 10.1 Å². The molecule has 7 heteroatoms. The molecule has 0 aliphatic carbocycles. The van der Waals surface area contributed by atoms with Gasteiger partial charge in [0.1, 0.15) is 12.2 Å². The van der Waals surface area contributed by atoms with E-state index in [0.717, 1.165) is 5.56 Å². The van der Waals surface area contributed by atoms with E-state index in [2.05, 4.69) is 0 Å². The van der Waals surface area contributed by atoms with Crippen LogP contribution in [0.5, 0.6) is 0 Å². The zero-order valence-electron chi connectivity index (χ0n) is 14.6. The number of benzene rings is 1. The van der Waals surface area contributed by atoms with E-state index in [-0.39, 0.29) is 13.2 Å². The van der Waals surface area contributed by atoms with Crippen molar-refractivity contribution >= 4 is 10.1 Å². The maximum absolute atomic E-state index is 12.0. The predicted molar refractivity (Wildman–Crippen MR) is 89.9 cm³/mol. The van der Waals surface area contributed by atoms with E-state index in [9.17, 15) is 8.42 Å². The van der Waals surface area contributed by atoms with Gasteiger partial charge in [0.05, 0.1) is 25.1 Å². The molecule has 1 aliphatic rings. The SMILES string of the molecule is CC(C)S(=O)(=O)O[C@H]1COC(C)(C)O[C@H]1COCc1ccccc1. The molecule has 0 radical (unpaired) electrons. The van der Waals surface area contributed by atoms with E-state index >= 15 is 0 Å². The van der Waals surface area contributed by atoms with Gasteiger partial charge in [-0.15, -0.1) is 0 Å². The molecule has 0 N–H and O–H groups in total. The Labute approximate surface area is 144 Å². The van der Waals surface area contributed by atoms with Crippen molar-refractivity contribution in [2.24, 2.45) is 0 Å². The zero-order chi connectivity index (χ0) is 17.8. The fourth-order valence-corrected chi connectivity index (χ4v) is 2.99. The third-order valence-electron chi connectivity index (χ3n) is 3.67. The molecule has 1 heterocycles. The van der Waals surface area contributed by atoms with Crippen LogP contribution in [0.2, 0.25) is 0 Å². The third-order valence-corrected chi connectivity index (χ3v) is 5.34. The van der Waals surface area contributed by atoms with E-state index in [1.165, 1.54) is 0 Å². The molecule has 24 heavy (non-hydrogen) atoms. The maximum Gasteiger partial charge on any atom is 0.270 e. The number of hydrogen-bond acceptors (Lipinski definition) is 6. The molecule has 0 saturated carbocycles. The summed E-state index contributed by atoms with van der Waals surface area (Å²) in [5.41, 5.74) is 1.04. The highest BCUT2D eigenvalue weighted by Gasteiger charge is 2.40. The van der Waals surface area contributed by atoms with Crippen LogP contribution in [0.1, 0.15) is 33.3 Å². The fraction of sp³-hybridized carbons (Fsp3) is 0.647. The Morgan fingerprint density at radius 2 is 1.92 bits per heavy atom. The largest absolute Gasteiger partial charge is 0.374 e. The molecule has 0 amide bonds. The molecule has 1 aromatic rings. The van der Waals surface area contributed by atoms with Gasteiger partial charge in [0, 0.05) is 0 Å². The van der Waals surface area contributed by atoms with Crippen LogP contribution in [0.15, 0.2) is 30.3 Å². The zero-order valence-corrected chi connectivity index (χ0v) is 15.4. The number of ether oxygens (including phenoxy) is 3. The van der Waals surface area contributed by atoms with E-state index in [1.807, 2.05) is 30.3 Å². The highest BCUT2D eigenvalue weighted by atomic mass is 32.2. The van der Waals surface area contributed by atoms with Crippen LogP contribution < -0.4 is 0 Å². The van der Waals surface area contributed by atoms with Gasteiger partial charge in [-0.25, -0.2) is 0 Å². The summed E-state index contributed by atoms with van der Waals surface area (Å²) in [6, 6.07) is 9.74. The summed E-state index contributed by atoms with van der Waals surface area (Å²) in [5.74, 6) is -0.803. The van der Waals surface area contributed by atoms with E-state index in [4.69, 9.17) is 18.4 Å². The van der Waals surface area contributed by atoms with Crippen molar-refractivity contribution in [2.75, 3.05) is 13.2 Å². The van der Waals surface area contributed by atoms with E-state index < -0.39 is 33.4 Å². The third kappa shape index (κ3) is 5.53. The van der Waals surface area contributed by atoms with Gasteiger partial charge in [-0.1, -0.05) is 30.3 Å². The average molecular weight is 358 g/mol. The van der Waals surface area contributed by atoms with Gasteiger partial charge >= 0.3 is 0 Å². The van der Waals surface area contributed by atoms with Crippen LogP contribution in [0.3, 0.4) is 0 Å². The monoisotopic (exact) mass is 358 g/mol. The summed E-state index contributed by atoms with van der Waals surface area (Å²) in [6.07, 6.45) is -1.24. The van der Waals surface area contributed by atoms with Crippen molar-refractivity contribution in [2.45, 2.75) is 57.5 Å². The van der Waals surface area contributed by atoms with Crippen molar-refractivity contribution in [3.63, 3.8) is 0 Å². The Morgan fingerprint density at radius 1 is 1.25 bits per heavy atom. The molecule has 6 nitrogen and oxygen atoms in total. The Balaban J connectivity index is 1.98. The summed E-state index contributed by atoms with van der Waals surface area (Å²) >= 11 is 0. The lowest BCUT2D eigenvalue weighted by Gasteiger charge is -2.40. The van der Waals surface area contributed by atoms with Crippen molar-refractivity contribution in [3.8, 4) is 0 Å². The van der Waals surface area contributed by atoms with Gasteiger partial charge in [-0.2, -0.15) is 8.42 Å². The molecule has 1 saturated heterocycles. The molecule has 2 atom stereocenters. The average Bonchev–Trinajstić information content (AvgIpc) is 2.50. The molecule has 2 rings (SSSR count). The number of rotatable bonds is 7. The molecular formula is C17H26O6S. The highest BCUT2D eigenvalue weighted by Crippen LogP contribution is 2.26. The Hall–Kier alpha value is -0.990. The van der Waals surface area contributed by atoms with Crippen LogP contribution in [0.25, 0.3) is 0 Å². The van der Waals surface area contributed by atoms with Crippen LogP contribution in [0.4, 0.5) is 0 Å². The minimum Gasteiger partial charge on any atom is -0.374 e. The summed E-state index contributed by atoms with van der Waals surface area (Å²) in [5, 5.41) is -0.627. The second-order valence-electron chi connectivity index (χ2n) is 6.54. The van der Waals surface area contributed by atoms with Crippen molar-refractivity contribution < 1.29 is 26.8 Å². The summed E-state index contributed by atoms with van der Waals surface area (Å²) < 4.78 is 46.4. The van der Waals surface area contributed by atoms with Crippen LogP contribution in [-0.4, -0.2) is 44.9 Å². The Kier molecular flexibility index (Phi) is 6.39. The van der Waals surface area contributed by atoms with E-state index in [1.54, 1.807) is 27.7 Å². The Morgan fingerprint density at radius 3 is 2.54 bits per heavy atom. The molecule has 1 aliphatic heterocycles. The minimum atomic E-state index is -3.66. The highest BCUT2D eigenvalue weighted by molar-refractivity contribution is 7.87. The fourth-order valence-electron chi connectivity index (χ4n) is 2.25. The second-order valence-corrected chi connectivity index (χ2v) is 8.66. The van der Waals surface area contributed by atoms with Gasteiger partial charge in [-0.05, 0) is 33.3 Å². The Bertz CT molecular complexity index is 611. The standard InChI is InChI=1S/C17H26O6S/c1-13(2)24(18,19)23-16-12-21-17(3,4)22-15(16)11-20-10-14-8-6-5-7-9-14/h5-9,13,15-16H,10-12H2,1-4H3/t15-,16-/m0/s1. The van der Waals surface area contributed by atoms with Crippen LogP contribution in [-0.2, 0) is 35.1 Å². The van der Waals surface area contributed by atoms with Crippen LogP contribution in [0, 0.1) is 0 Å². The first-order valence-electron chi connectivity index (χ1n) is 8.05. The second kappa shape index (κ2) is 7.93. The molecule has 1 aromatic carbocycles. The molecule has 1 fully saturated rings. The molecule has 136 valence electrons. The first kappa shape index (κ1) is 19.3. The summed E-state index contributed by atoms with van der Waals surface area (Å²) in [7, 11) is -3.66. The quantitative estimate of drug-likeness (QED) is 0.698.